The summed E-state index contributed by atoms with van der Waals surface area (Å²) in [6.45, 7) is 17.2. The van der Waals surface area contributed by atoms with Crippen LogP contribution in [0.1, 0.15) is 70.6 Å². The Morgan fingerprint density at radius 3 is 2.10 bits per heavy atom. The average molecular weight is 275 g/mol. The van der Waals surface area contributed by atoms with E-state index >= 15 is 0 Å². The second kappa shape index (κ2) is 7.83. The van der Waals surface area contributed by atoms with Gasteiger partial charge in [0.15, 0.2) is 0 Å². The van der Waals surface area contributed by atoms with Crippen LogP contribution in [-0.4, -0.2) is 23.5 Å². The van der Waals surface area contributed by atoms with Crippen LogP contribution in [0.2, 0.25) is 0 Å². The lowest BCUT2D eigenvalue weighted by Crippen LogP contribution is -2.38. The Morgan fingerprint density at radius 1 is 1.00 bits per heavy atom. The third kappa shape index (κ3) is 4.63. The molecule has 1 aromatic rings. The van der Waals surface area contributed by atoms with E-state index in [9.17, 15) is 0 Å². The van der Waals surface area contributed by atoms with Crippen LogP contribution in [0.5, 0.6) is 0 Å². The number of hydrogen-bond acceptors (Lipinski definition) is 1. The predicted octanol–water partition coefficient (Wildman–Crippen LogP) is 5.17. The van der Waals surface area contributed by atoms with E-state index in [-0.39, 0.29) is 0 Å². The number of benzene rings is 1. The van der Waals surface area contributed by atoms with Gasteiger partial charge in [-0.3, -0.25) is 4.90 Å². The van der Waals surface area contributed by atoms with Gasteiger partial charge in [0.05, 0.1) is 0 Å². The zero-order valence-electron chi connectivity index (χ0n) is 14.5. The van der Waals surface area contributed by atoms with Gasteiger partial charge in [-0.1, -0.05) is 37.6 Å². The molecule has 0 heterocycles. The van der Waals surface area contributed by atoms with Crippen molar-refractivity contribution in [2.45, 2.75) is 79.3 Å². The first-order chi connectivity index (χ1) is 9.36. The minimum atomic E-state index is 0.630. The average Bonchev–Trinajstić information content (AvgIpc) is 2.37. The molecule has 114 valence electrons. The molecule has 0 aliphatic carbocycles. The third-order valence-corrected chi connectivity index (χ3v) is 4.36. The fraction of sp³-hybridized carbons (Fsp3) is 0.684. The third-order valence-electron chi connectivity index (χ3n) is 4.36. The van der Waals surface area contributed by atoms with E-state index in [0.717, 1.165) is 6.42 Å². The van der Waals surface area contributed by atoms with Crippen molar-refractivity contribution in [2.24, 2.45) is 0 Å². The molecule has 0 aliphatic heterocycles. The summed E-state index contributed by atoms with van der Waals surface area (Å²) >= 11 is 0. The molecule has 1 atom stereocenters. The van der Waals surface area contributed by atoms with E-state index in [2.05, 4.69) is 71.6 Å². The number of aryl methyl sites for hydroxylation is 2. The van der Waals surface area contributed by atoms with Crippen LogP contribution >= 0.6 is 0 Å². The van der Waals surface area contributed by atoms with Crippen molar-refractivity contribution in [3.05, 3.63) is 34.9 Å². The van der Waals surface area contributed by atoms with E-state index in [4.69, 9.17) is 0 Å². The zero-order chi connectivity index (χ0) is 15.3. The monoisotopic (exact) mass is 275 g/mol. The van der Waals surface area contributed by atoms with E-state index in [1.54, 1.807) is 5.56 Å². The first-order valence-corrected chi connectivity index (χ1v) is 8.21. The van der Waals surface area contributed by atoms with Crippen LogP contribution in [0, 0.1) is 6.92 Å². The first-order valence-electron chi connectivity index (χ1n) is 8.21. The Balaban J connectivity index is 2.76. The van der Waals surface area contributed by atoms with Gasteiger partial charge < -0.3 is 0 Å². The van der Waals surface area contributed by atoms with E-state index in [1.807, 2.05) is 0 Å². The number of rotatable bonds is 7. The molecule has 1 unspecified atom stereocenters. The molecule has 0 N–H and O–H groups in total. The van der Waals surface area contributed by atoms with Gasteiger partial charge in [-0.05, 0) is 71.0 Å². The molecule has 0 saturated carbocycles. The van der Waals surface area contributed by atoms with Crippen molar-refractivity contribution in [2.75, 3.05) is 6.54 Å². The summed E-state index contributed by atoms with van der Waals surface area (Å²) in [5.41, 5.74) is 4.46. The van der Waals surface area contributed by atoms with Crippen LogP contribution in [0.4, 0.5) is 0 Å². The SMILES string of the molecule is CCc1ccc(C)cc1C(C)CCN(C(C)C)C(C)C. The van der Waals surface area contributed by atoms with Crippen molar-refractivity contribution in [3.8, 4) is 0 Å². The molecule has 0 saturated heterocycles. The minimum Gasteiger partial charge on any atom is -0.299 e. The second-order valence-corrected chi connectivity index (χ2v) is 6.67. The molecular formula is C19H33N. The summed E-state index contributed by atoms with van der Waals surface area (Å²) < 4.78 is 0. The van der Waals surface area contributed by atoms with Gasteiger partial charge in [-0.15, -0.1) is 0 Å². The van der Waals surface area contributed by atoms with Crippen molar-refractivity contribution < 1.29 is 0 Å². The molecule has 1 nitrogen and oxygen atoms in total. The summed E-state index contributed by atoms with van der Waals surface area (Å²) in [5, 5.41) is 0. The topological polar surface area (TPSA) is 3.24 Å². The highest BCUT2D eigenvalue weighted by atomic mass is 15.2. The van der Waals surface area contributed by atoms with Gasteiger partial charge in [0, 0.05) is 12.1 Å². The molecule has 20 heavy (non-hydrogen) atoms. The van der Waals surface area contributed by atoms with Gasteiger partial charge in [0.25, 0.3) is 0 Å². The molecule has 0 bridgehead atoms. The lowest BCUT2D eigenvalue weighted by molar-refractivity contribution is 0.169. The lowest BCUT2D eigenvalue weighted by Gasteiger charge is -2.31. The summed E-state index contributed by atoms with van der Waals surface area (Å²) in [7, 11) is 0. The van der Waals surface area contributed by atoms with E-state index < -0.39 is 0 Å². The molecule has 0 spiro atoms. The lowest BCUT2D eigenvalue weighted by atomic mass is 9.90. The van der Waals surface area contributed by atoms with Crippen LogP contribution in [0.3, 0.4) is 0 Å². The van der Waals surface area contributed by atoms with Gasteiger partial charge in [0.1, 0.15) is 0 Å². The maximum Gasteiger partial charge on any atom is 0.00412 e. The molecule has 1 aromatic carbocycles. The Kier molecular flexibility index (Phi) is 6.75. The summed E-state index contributed by atoms with van der Waals surface area (Å²) in [4.78, 5) is 2.60. The molecular weight excluding hydrogens is 242 g/mol. The van der Waals surface area contributed by atoms with Gasteiger partial charge in [-0.2, -0.15) is 0 Å². The largest absolute Gasteiger partial charge is 0.299 e. The Bertz CT molecular complexity index is 398. The fourth-order valence-corrected chi connectivity index (χ4v) is 3.11. The summed E-state index contributed by atoms with van der Waals surface area (Å²) in [6.07, 6.45) is 2.38. The maximum atomic E-state index is 2.60. The van der Waals surface area contributed by atoms with Crippen LogP contribution in [-0.2, 0) is 6.42 Å². The molecule has 0 amide bonds. The molecule has 0 fully saturated rings. The number of nitrogens with zero attached hydrogens (tertiary/aromatic N) is 1. The summed E-state index contributed by atoms with van der Waals surface area (Å²) in [6, 6.07) is 8.20. The van der Waals surface area contributed by atoms with Gasteiger partial charge in [0.2, 0.25) is 0 Å². The Labute approximate surface area is 126 Å². The van der Waals surface area contributed by atoms with E-state index in [1.165, 1.54) is 24.1 Å². The quantitative estimate of drug-likeness (QED) is 0.663. The highest BCUT2D eigenvalue weighted by molar-refractivity contribution is 5.34. The van der Waals surface area contributed by atoms with E-state index in [0.29, 0.717) is 18.0 Å². The van der Waals surface area contributed by atoms with Crippen LogP contribution in [0.25, 0.3) is 0 Å². The van der Waals surface area contributed by atoms with Gasteiger partial charge >= 0.3 is 0 Å². The predicted molar refractivity (Wildman–Crippen MR) is 90.6 cm³/mol. The van der Waals surface area contributed by atoms with Gasteiger partial charge in [-0.25, -0.2) is 0 Å². The molecule has 0 aliphatic rings. The van der Waals surface area contributed by atoms with Crippen molar-refractivity contribution in [1.82, 2.24) is 4.90 Å². The summed E-state index contributed by atoms with van der Waals surface area (Å²) in [5.74, 6) is 0.643. The maximum absolute atomic E-state index is 2.60. The Morgan fingerprint density at radius 2 is 1.60 bits per heavy atom. The molecule has 0 radical (unpaired) electrons. The van der Waals surface area contributed by atoms with Crippen LogP contribution < -0.4 is 0 Å². The van der Waals surface area contributed by atoms with Crippen molar-refractivity contribution in [3.63, 3.8) is 0 Å². The first kappa shape index (κ1) is 17.2. The molecule has 0 aromatic heterocycles. The number of hydrogen-bond donors (Lipinski definition) is 0. The highest BCUT2D eigenvalue weighted by Gasteiger charge is 2.16. The standard InChI is InChI=1S/C19H33N/c1-8-18-10-9-16(6)13-19(18)17(7)11-12-20(14(2)3)15(4)5/h9-10,13-15,17H,8,11-12H2,1-7H3. The normalized spacial score (nSPS) is 13.5. The smallest absolute Gasteiger partial charge is 0.00412 e. The van der Waals surface area contributed by atoms with Crippen molar-refractivity contribution >= 4 is 0 Å². The molecule has 1 rings (SSSR count). The Hall–Kier alpha value is -0.820. The minimum absolute atomic E-state index is 0.630. The molecule has 1 heteroatoms. The zero-order valence-corrected chi connectivity index (χ0v) is 14.5. The van der Waals surface area contributed by atoms with Crippen molar-refractivity contribution in [1.29, 1.82) is 0 Å². The van der Waals surface area contributed by atoms with Crippen LogP contribution in [0.15, 0.2) is 18.2 Å². The highest BCUT2D eigenvalue weighted by Crippen LogP contribution is 2.25. The second-order valence-electron chi connectivity index (χ2n) is 6.67. The fourth-order valence-electron chi connectivity index (χ4n) is 3.11.